The summed E-state index contributed by atoms with van der Waals surface area (Å²) < 4.78 is 18.6. The van der Waals surface area contributed by atoms with Crippen molar-refractivity contribution in [1.82, 2.24) is 14.8 Å². The summed E-state index contributed by atoms with van der Waals surface area (Å²) in [6.07, 6.45) is 1.61. The molecule has 2 aromatic heterocycles. The molecule has 0 spiro atoms. The largest absolute Gasteiger partial charge is 0.486 e. The minimum atomic E-state index is -0.247. The Labute approximate surface area is 205 Å². The molecule has 1 amide bonds. The van der Waals surface area contributed by atoms with Gasteiger partial charge in [-0.25, -0.2) is 0 Å². The first kappa shape index (κ1) is 22.7. The molecule has 9 nitrogen and oxygen atoms in total. The maximum atomic E-state index is 12.9. The van der Waals surface area contributed by atoms with Crippen LogP contribution in [0.2, 0.25) is 0 Å². The van der Waals surface area contributed by atoms with Crippen LogP contribution in [0.25, 0.3) is 0 Å². The minimum absolute atomic E-state index is 0.0303. The number of amides is 1. The number of carbonyl (C=O) groups is 2. The third kappa shape index (κ3) is 5.38. The van der Waals surface area contributed by atoms with Crippen molar-refractivity contribution in [3.63, 3.8) is 0 Å². The van der Waals surface area contributed by atoms with E-state index in [2.05, 4.69) is 15.5 Å². The summed E-state index contributed by atoms with van der Waals surface area (Å²) in [5, 5.41) is 11.9. The normalized spacial score (nSPS) is 12.5. The minimum Gasteiger partial charge on any atom is -0.486 e. The van der Waals surface area contributed by atoms with Gasteiger partial charge < -0.3 is 19.2 Å². The molecule has 0 saturated heterocycles. The van der Waals surface area contributed by atoms with E-state index in [9.17, 15) is 9.59 Å². The van der Waals surface area contributed by atoms with Crippen molar-refractivity contribution >= 4 is 29.1 Å². The summed E-state index contributed by atoms with van der Waals surface area (Å²) in [6, 6.07) is 16.5. The summed E-state index contributed by atoms with van der Waals surface area (Å²) in [7, 11) is 0. The van der Waals surface area contributed by atoms with Gasteiger partial charge in [0.2, 0.25) is 0 Å². The Kier molecular flexibility index (Phi) is 6.53. The standard InChI is InChI=1S/C25H22N4O5S/c1-16-4-7-18(8-5-16)33-13-23-27-28-25(29(23)12-19-3-2-10-32-19)35-15-21(30)17-6-9-22-20(11-17)26-24(31)14-34-22/h2-11H,12-15H2,1H3,(H,26,31). The molecule has 0 aliphatic carbocycles. The van der Waals surface area contributed by atoms with Crippen molar-refractivity contribution in [1.29, 1.82) is 0 Å². The molecule has 35 heavy (non-hydrogen) atoms. The van der Waals surface area contributed by atoms with Crippen LogP contribution in [0.5, 0.6) is 11.5 Å². The summed E-state index contributed by atoms with van der Waals surface area (Å²) in [5.41, 5.74) is 2.12. The number of fused-ring (bicyclic) bond motifs is 1. The smallest absolute Gasteiger partial charge is 0.262 e. The zero-order valence-corrected chi connectivity index (χ0v) is 19.7. The Morgan fingerprint density at radius 1 is 1.17 bits per heavy atom. The van der Waals surface area contributed by atoms with Crippen molar-refractivity contribution < 1.29 is 23.5 Å². The van der Waals surface area contributed by atoms with Crippen LogP contribution >= 0.6 is 11.8 Å². The van der Waals surface area contributed by atoms with Gasteiger partial charge >= 0.3 is 0 Å². The number of nitrogens with zero attached hydrogens (tertiary/aromatic N) is 3. The molecule has 2 aromatic carbocycles. The lowest BCUT2D eigenvalue weighted by molar-refractivity contribution is -0.118. The number of aromatic nitrogens is 3. The van der Waals surface area contributed by atoms with Gasteiger partial charge in [-0.2, -0.15) is 0 Å². The average molecular weight is 491 g/mol. The van der Waals surface area contributed by atoms with Gasteiger partial charge in [-0.15, -0.1) is 10.2 Å². The SMILES string of the molecule is Cc1ccc(OCc2nnc(SCC(=O)c3ccc4c(c3)NC(=O)CO4)n2Cc2ccco2)cc1. The third-order valence-electron chi connectivity index (χ3n) is 5.34. The van der Waals surface area contributed by atoms with Crippen molar-refractivity contribution in [2.24, 2.45) is 0 Å². The zero-order chi connectivity index (χ0) is 24.2. The van der Waals surface area contributed by atoms with E-state index in [0.717, 1.165) is 17.1 Å². The van der Waals surface area contributed by atoms with Gasteiger partial charge in [0.25, 0.3) is 5.91 Å². The van der Waals surface area contributed by atoms with Crippen molar-refractivity contribution in [2.75, 3.05) is 17.7 Å². The highest BCUT2D eigenvalue weighted by molar-refractivity contribution is 7.99. The van der Waals surface area contributed by atoms with Crippen molar-refractivity contribution in [2.45, 2.75) is 25.2 Å². The Hall–Kier alpha value is -4.05. The molecule has 0 bridgehead atoms. The number of aryl methyl sites for hydroxylation is 1. The Morgan fingerprint density at radius 3 is 2.83 bits per heavy atom. The number of thioether (sulfide) groups is 1. The first-order valence-electron chi connectivity index (χ1n) is 10.9. The van der Waals surface area contributed by atoms with E-state index < -0.39 is 0 Å². The van der Waals surface area contributed by atoms with E-state index in [1.54, 1.807) is 24.5 Å². The van der Waals surface area contributed by atoms with Crippen LogP contribution in [0.4, 0.5) is 5.69 Å². The topological polar surface area (TPSA) is 108 Å². The van der Waals surface area contributed by atoms with Gasteiger partial charge in [0.05, 0.1) is 24.2 Å². The molecular formula is C25H22N4O5S. The van der Waals surface area contributed by atoms with Crippen LogP contribution in [-0.2, 0) is 17.9 Å². The van der Waals surface area contributed by atoms with E-state index in [-0.39, 0.29) is 30.7 Å². The summed E-state index contributed by atoms with van der Waals surface area (Å²) in [6.45, 7) is 2.61. The van der Waals surface area contributed by atoms with E-state index >= 15 is 0 Å². The van der Waals surface area contributed by atoms with Crippen LogP contribution in [0.1, 0.15) is 27.5 Å². The van der Waals surface area contributed by atoms with Crippen LogP contribution in [0.15, 0.2) is 70.4 Å². The number of Topliss-reactive ketones (excluding diaryl/α,β-unsaturated/α-hetero) is 1. The molecule has 10 heteroatoms. The number of anilines is 1. The van der Waals surface area contributed by atoms with E-state index in [4.69, 9.17) is 13.9 Å². The van der Waals surface area contributed by atoms with Gasteiger partial charge in [0.1, 0.15) is 23.9 Å². The van der Waals surface area contributed by atoms with Crippen molar-refractivity contribution in [3.05, 3.63) is 83.6 Å². The first-order valence-corrected chi connectivity index (χ1v) is 11.9. The molecular weight excluding hydrogens is 468 g/mol. The highest BCUT2D eigenvalue weighted by atomic mass is 32.2. The van der Waals surface area contributed by atoms with Crippen molar-refractivity contribution in [3.8, 4) is 11.5 Å². The molecule has 0 atom stereocenters. The average Bonchev–Trinajstić information content (AvgIpc) is 3.52. The lowest BCUT2D eigenvalue weighted by Gasteiger charge is -2.18. The lowest BCUT2D eigenvalue weighted by atomic mass is 10.1. The van der Waals surface area contributed by atoms with E-state index in [0.29, 0.717) is 34.5 Å². The summed E-state index contributed by atoms with van der Waals surface area (Å²) in [4.78, 5) is 24.5. The molecule has 0 saturated carbocycles. The molecule has 1 N–H and O–H groups in total. The number of furan rings is 1. The Bertz CT molecular complexity index is 1350. The molecule has 3 heterocycles. The van der Waals surface area contributed by atoms with Gasteiger partial charge in [0.15, 0.2) is 23.4 Å². The lowest BCUT2D eigenvalue weighted by Crippen LogP contribution is -2.25. The summed E-state index contributed by atoms with van der Waals surface area (Å²) in [5.74, 6) is 2.42. The maximum Gasteiger partial charge on any atom is 0.262 e. The fourth-order valence-electron chi connectivity index (χ4n) is 3.50. The first-order chi connectivity index (χ1) is 17.0. The Balaban J connectivity index is 1.30. The van der Waals surface area contributed by atoms with Crippen LogP contribution in [0, 0.1) is 6.92 Å². The quantitative estimate of drug-likeness (QED) is 0.276. The van der Waals surface area contributed by atoms with E-state index in [1.807, 2.05) is 47.9 Å². The van der Waals surface area contributed by atoms with Crippen LogP contribution in [0.3, 0.4) is 0 Å². The molecule has 1 aliphatic heterocycles. The molecule has 5 rings (SSSR count). The summed E-state index contributed by atoms with van der Waals surface area (Å²) >= 11 is 1.28. The second-order valence-corrected chi connectivity index (χ2v) is 8.87. The molecule has 0 unspecified atom stereocenters. The number of rotatable bonds is 9. The maximum absolute atomic E-state index is 12.9. The monoisotopic (exact) mass is 490 g/mol. The van der Waals surface area contributed by atoms with Gasteiger partial charge in [-0.1, -0.05) is 29.5 Å². The number of nitrogens with one attached hydrogen (secondary N) is 1. The van der Waals surface area contributed by atoms with Crippen LogP contribution < -0.4 is 14.8 Å². The molecule has 4 aromatic rings. The predicted octanol–water partition coefficient (Wildman–Crippen LogP) is 4.11. The number of benzene rings is 2. The fraction of sp³-hybridized carbons (Fsp3) is 0.200. The van der Waals surface area contributed by atoms with Gasteiger partial charge in [-0.3, -0.25) is 14.2 Å². The number of ether oxygens (including phenoxy) is 2. The van der Waals surface area contributed by atoms with Gasteiger partial charge in [-0.05, 0) is 49.4 Å². The highest BCUT2D eigenvalue weighted by Crippen LogP contribution is 2.29. The van der Waals surface area contributed by atoms with E-state index in [1.165, 1.54) is 11.8 Å². The fourth-order valence-corrected chi connectivity index (χ4v) is 4.35. The number of ketones is 1. The number of hydrogen-bond donors (Lipinski definition) is 1. The number of carbonyl (C=O) groups excluding carboxylic acids is 2. The second-order valence-electron chi connectivity index (χ2n) is 7.93. The molecule has 178 valence electrons. The third-order valence-corrected chi connectivity index (χ3v) is 6.31. The molecule has 0 fully saturated rings. The highest BCUT2D eigenvalue weighted by Gasteiger charge is 2.20. The zero-order valence-electron chi connectivity index (χ0n) is 18.9. The number of hydrogen-bond acceptors (Lipinski definition) is 8. The molecule has 1 aliphatic rings. The predicted molar refractivity (Wildman–Crippen MR) is 129 cm³/mol. The van der Waals surface area contributed by atoms with Gasteiger partial charge in [0, 0.05) is 5.56 Å². The second kappa shape index (κ2) is 10.1. The van der Waals surface area contributed by atoms with Crippen LogP contribution in [-0.4, -0.2) is 38.8 Å². The Morgan fingerprint density at radius 2 is 2.03 bits per heavy atom. The molecule has 0 radical (unpaired) electrons.